The molecular weight excluding hydrogens is 446 g/mol. The fraction of sp³-hybridized carbons (Fsp3) is 0.435. The van der Waals surface area contributed by atoms with Gasteiger partial charge in [0.25, 0.3) is 15.9 Å². The number of urea groups is 1. The van der Waals surface area contributed by atoms with Crippen molar-refractivity contribution in [3.63, 3.8) is 0 Å². The molecule has 178 valence electrons. The van der Waals surface area contributed by atoms with E-state index >= 15 is 0 Å². The van der Waals surface area contributed by atoms with E-state index in [1.165, 1.54) is 24.3 Å². The fourth-order valence-electron chi connectivity index (χ4n) is 3.80. The van der Waals surface area contributed by atoms with Gasteiger partial charge in [0, 0.05) is 30.6 Å². The molecule has 3 N–H and O–H groups in total. The molecule has 3 rings (SSSR count). The van der Waals surface area contributed by atoms with Crippen LogP contribution in [-0.2, 0) is 16.4 Å². The Hall–Kier alpha value is -3.14. The van der Waals surface area contributed by atoms with E-state index in [0.717, 1.165) is 12.8 Å². The highest BCUT2D eigenvalue weighted by atomic mass is 32.2. The Morgan fingerprint density at radius 1 is 1.12 bits per heavy atom. The zero-order valence-electron chi connectivity index (χ0n) is 19.2. The van der Waals surface area contributed by atoms with Crippen molar-refractivity contribution in [2.45, 2.75) is 58.3 Å². The van der Waals surface area contributed by atoms with E-state index in [1.54, 1.807) is 6.92 Å². The summed E-state index contributed by atoms with van der Waals surface area (Å²) in [6.45, 7) is 7.97. The smallest absolute Gasteiger partial charge is 0.328 e. The number of Topliss-reactive ketones (excluding diaryl/α,β-unsaturated/α-hetero) is 1. The number of furan rings is 1. The Balaban J connectivity index is 1.70. The van der Waals surface area contributed by atoms with Crippen molar-refractivity contribution in [1.82, 2.24) is 10.0 Å². The number of unbranched alkanes of at least 4 members (excludes halogenated alkanes) is 1. The lowest BCUT2D eigenvalue weighted by Gasteiger charge is -2.27. The Labute approximate surface area is 193 Å². The number of carbonyl (C=O) groups is 3. The summed E-state index contributed by atoms with van der Waals surface area (Å²) in [5.41, 5.74) is 1.08. The van der Waals surface area contributed by atoms with Crippen molar-refractivity contribution in [2.75, 3.05) is 11.9 Å². The van der Waals surface area contributed by atoms with Gasteiger partial charge in [-0.3, -0.25) is 9.59 Å². The van der Waals surface area contributed by atoms with Crippen molar-refractivity contribution in [3.8, 4) is 0 Å². The minimum absolute atomic E-state index is 0.0395. The van der Waals surface area contributed by atoms with Crippen LogP contribution in [0.3, 0.4) is 0 Å². The molecule has 0 aliphatic heterocycles. The summed E-state index contributed by atoms with van der Waals surface area (Å²) in [6.07, 6.45) is 2.57. The van der Waals surface area contributed by atoms with E-state index < -0.39 is 22.0 Å². The van der Waals surface area contributed by atoms with Gasteiger partial charge in [-0.2, -0.15) is 0 Å². The van der Waals surface area contributed by atoms with Crippen molar-refractivity contribution >= 4 is 33.4 Å². The molecule has 2 aromatic rings. The largest absolute Gasteiger partial charge is 0.455 e. The van der Waals surface area contributed by atoms with E-state index in [4.69, 9.17) is 4.42 Å². The topological polar surface area (TPSA) is 135 Å². The lowest BCUT2D eigenvalue weighted by atomic mass is 9.76. The molecule has 1 aromatic heterocycles. The summed E-state index contributed by atoms with van der Waals surface area (Å²) in [6, 6.07) is 4.59. The number of benzene rings is 1. The monoisotopic (exact) mass is 475 g/mol. The molecule has 0 saturated carbocycles. The number of amides is 3. The average molecular weight is 476 g/mol. The van der Waals surface area contributed by atoms with Crippen molar-refractivity contribution in [3.05, 3.63) is 46.9 Å². The van der Waals surface area contributed by atoms with Gasteiger partial charge in [-0.05, 0) is 43.0 Å². The SMILES string of the molecule is CCCCNC(=O)NS(=O)(=O)c1ccc(NC(=O)c2oc3c(c2C)C(=O)CC(C)(C)C3)cc1. The molecule has 33 heavy (non-hydrogen) atoms. The van der Waals surface area contributed by atoms with Gasteiger partial charge in [0.2, 0.25) is 0 Å². The predicted octanol–water partition coefficient (Wildman–Crippen LogP) is 3.78. The first-order valence-electron chi connectivity index (χ1n) is 10.8. The Kier molecular flexibility index (Phi) is 6.97. The second-order valence-electron chi connectivity index (χ2n) is 8.99. The molecule has 0 radical (unpaired) electrons. The van der Waals surface area contributed by atoms with Crippen LogP contribution in [0.1, 0.15) is 72.3 Å². The summed E-state index contributed by atoms with van der Waals surface area (Å²) >= 11 is 0. The summed E-state index contributed by atoms with van der Waals surface area (Å²) in [5.74, 6) is 0.00988. The summed E-state index contributed by atoms with van der Waals surface area (Å²) in [4.78, 5) is 36.9. The average Bonchev–Trinajstić information content (AvgIpc) is 3.03. The Bertz CT molecular complexity index is 1180. The van der Waals surface area contributed by atoms with Gasteiger partial charge in [0.05, 0.1) is 10.5 Å². The molecule has 0 saturated heterocycles. The number of anilines is 1. The van der Waals surface area contributed by atoms with Gasteiger partial charge in [-0.25, -0.2) is 17.9 Å². The third-order valence-corrected chi connectivity index (χ3v) is 6.80. The van der Waals surface area contributed by atoms with E-state index in [-0.39, 0.29) is 21.9 Å². The van der Waals surface area contributed by atoms with Gasteiger partial charge in [-0.15, -0.1) is 0 Å². The quantitative estimate of drug-likeness (QED) is 0.522. The molecule has 0 spiro atoms. The molecule has 9 nitrogen and oxygen atoms in total. The van der Waals surface area contributed by atoms with Crippen LogP contribution in [0, 0.1) is 12.3 Å². The van der Waals surface area contributed by atoms with Crippen LogP contribution in [0.25, 0.3) is 0 Å². The molecule has 3 amide bonds. The van der Waals surface area contributed by atoms with Crippen molar-refractivity contribution in [2.24, 2.45) is 5.41 Å². The normalized spacial score (nSPS) is 15.0. The Morgan fingerprint density at radius 2 is 1.79 bits per heavy atom. The van der Waals surface area contributed by atoms with Crippen LogP contribution in [0.2, 0.25) is 0 Å². The van der Waals surface area contributed by atoms with E-state index in [2.05, 4.69) is 10.6 Å². The first-order valence-corrected chi connectivity index (χ1v) is 12.3. The third-order valence-electron chi connectivity index (χ3n) is 5.45. The second-order valence-corrected chi connectivity index (χ2v) is 10.7. The first kappa shape index (κ1) is 24.5. The number of rotatable bonds is 7. The predicted molar refractivity (Wildman–Crippen MR) is 123 cm³/mol. The van der Waals surface area contributed by atoms with Crippen LogP contribution in [0.15, 0.2) is 33.6 Å². The van der Waals surface area contributed by atoms with Crippen molar-refractivity contribution in [1.29, 1.82) is 0 Å². The van der Waals surface area contributed by atoms with Crippen molar-refractivity contribution < 1.29 is 27.2 Å². The summed E-state index contributed by atoms with van der Waals surface area (Å²) < 4.78 is 32.4. The number of sulfonamides is 1. The Morgan fingerprint density at radius 3 is 2.42 bits per heavy atom. The molecule has 0 atom stereocenters. The number of ketones is 1. The number of hydrogen-bond acceptors (Lipinski definition) is 6. The maximum Gasteiger partial charge on any atom is 0.328 e. The molecule has 1 heterocycles. The van der Waals surface area contributed by atoms with E-state index in [9.17, 15) is 22.8 Å². The minimum Gasteiger partial charge on any atom is -0.455 e. The van der Waals surface area contributed by atoms with Gasteiger partial charge < -0.3 is 15.1 Å². The number of carbonyl (C=O) groups excluding carboxylic acids is 3. The van der Waals surface area contributed by atoms with Crippen LogP contribution >= 0.6 is 0 Å². The van der Waals surface area contributed by atoms with Crippen LogP contribution in [0.5, 0.6) is 0 Å². The highest BCUT2D eigenvalue weighted by Crippen LogP contribution is 2.38. The minimum atomic E-state index is -4.05. The summed E-state index contributed by atoms with van der Waals surface area (Å²) in [5, 5.41) is 5.14. The molecule has 1 aromatic carbocycles. The maximum absolute atomic E-state index is 12.8. The van der Waals surface area contributed by atoms with Crippen LogP contribution < -0.4 is 15.4 Å². The first-order chi connectivity index (χ1) is 15.4. The van der Waals surface area contributed by atoms with Gasteiger partial charge in [0.1, 0.15) is 5.76 Å². The van der Waals surface area contributed by atoms with E-state index in [0.29, 0.717) is 42.0 Å². The summed E-state index contributed by atoms with van der Waals surface area (Å²) in [7, 11) is -4.05. The zero-order chi connectivity index (χ0) is 24.4. The van der Waals surface area contributed by atoms with E-state index in [1.807, 2.05) is 25.5 Å². The fourth-order valence-corrected chi connectivity index (χ4v) is 4.73. The zero-order valence-corrected chi connectivity index (χ0v) is 20.0. The molecule has 0 fully saturated rings. The highest BCUT2D eigenvalue weighted by Gasteiger charge is 2.37. The second kappa shape index (κ2) is 9.38. The lowest BCUT2D eigenvalue weighted by molar-refractivity contribution is 0.0898. The van der Waals surface area contributed by atoms with Gasteiger partial charge in [-0.1, -0.05) is 27.2 Å². The van der Waals surface area contributed by atoms with Crippen LogP contribution in [-0.4, -0.2) is 32.7 Å². The number of hydrogen-bond donors (Lipinski definition) is 3. The molecule has 0 bridgehead atoms. The molecule has 1 aliphatic carbocycles. The molecular formula is C23H29N3O6S. The third kappa shape index (κ3) is 5.62. The highest BCUT2D eigenvalue weighted by molar-refractivity contribution is 7.90. The molecule has 0 unspecified atom stereocenters. The maximum atomic E-state index is 12.8. The van der Waals surface area contributed by atoms with Crippen LogP contribution in [0.4, 0.5) is 10.5 Å². The van der Waals surface area contributed by atoms with Gasteiger partial charge in [0.15, 0.2) is 11.5 Å². The standard InChI is InChI=1S/C23H29N3O6S/c1-5-6-11-24-22(29)26-33(30,31)16-9-7-15(8-10-16)25-21(28)20-14(2)19-17(27)12-23(3,4)13-18(19)32-20/h7-10H,5-6,11-13H2,1-4H3,(H,25,28)(H2,24,26,29). The molecule has 1 aliphatic rings. The van der Waals surface area contributed by atoms with Gasteiger partial charge >= 0.3 is 6.03 Å². The number of fused-ring (bicyclic) bond motifs is 1. The number of nitrogens with one attached hydrogen (secondary N) is 3. The molecule has 10 heteroatoms. The lowest BCUT2D eigenvalue weighted by Crippen LogP contribution is -2.39.